The SMILES string of the molecule is C=CC(C)(CCCC(C)(C)OO)OC1OC(CO)C(OC(=O)C(C)=CC)C(OC(=O)C(C)=CC)C1O. The molecule has 0 aromatic rings. The zero-order valence-electron chi connectivity index (χ0n) is 22.4. The van der Waals surface area contributed by atoms with Gasteiger partial charge in [0.1, 0.15) is 12.2 Å². The van der Waals surface area contributed by atoms with Gasteiger partial charge in [-0.2, -0.15) is 0 Å². The molecule has 10 heteroatoms. The van der Waals surface area contributed by atoms with Crippen LogP contribution in [0.15, 0.2) is 36.0 Å². The molecule has 10 nitrogen and oxygen atoms in total. The molecule has 1 saturated heterocycles. The number of rotatable bonds is 13. The standard InChI is InChI=1S/C26H42O10/c1-9-16(4)22(29)33-20-18(15-27)32-24(19(28)21(20)34-23(30)17(5)10-2)35-26(8,11-3)14-12-13-25(6,7)36-31/h9-11,18-21,24,27-28,31H,3,12-15H2,1-2,4-8H3. The lowest BCUT2D eigenvalue weighted by Crippen LogP contribution is -2.62. The molecule has 1 aliphatic rings. The molecule has 6 atom stereocenters. The molecule has 1 heterocycles. The minimum Gasteiger partial charge on any atom is -0.452 e. The summed E-state index contributed by atoms with van der Waals surface area (Å²) in [6.45, 7) is 14.9. The summed E-state index contributed by atoms with van der Waals surface area (Å²) < 4.78 is 22.9. The molecule has 1 aliphatic heterocycles. The zero-order chi connectivity index (χ0) is 27.7. The Labute approximate surface area is 213 Å². The highest BCUT2D eigenvalue weighted by molar-refractivity contribution is 5.88. The highest BCUT2D eigenvalue weighted by Crippen LogP contribution is 2.33. The summed E-state index contributed by atoms with van der Waals surface area (Å²) in [5.41, 5.74) is -1.16. The van der Waals surface area contributed by atoms with Crippen LogP contribution in [0.5, 0.6) is 0 Å². The van der Waals surface area contributed by atoms with Gasteiger partial charge < -0.3 is 29.2 Å². The van der Waals surface area contributed by atoms with E-state index in [9.17, 15) is 19.8 Å². The van der Waals surface area contributed by atoms with Crippen LogP contribution in [0.2, 0.25) is 0 Å². The number of allylic oxidation sites excluding steroid dienone is 2. The van der Waals surface area contributed by atoms with E-state index in [2.05, 4.69) is 11.5 Å². The van der Waals surface area contributed by atoms with E-state index in [1.54, 1.807) is 66.7 Å². The average Bonchev–Trinajstić information content (AvgIpc) is 2.86. The van der Waals surface area contributed by atoms with Crippen LogP contribution in [0.25, 0.3) is 0 Å². The number of aliphatic hydroxyl groups excluding tert-OH is 2. The summed E-state index contributed by atoms with van der Waals surface area (Å²) in [7, 11) is 0. The number of esters is 2. The van der Waals surface area contributed by atoms with E-state index in [1.807, 2.05) is 0 Å². The molecule has 0 aliphatic carbocycles. The number of ether oxygens (including phenoxy) is 4. The van der Waals surface area contributed by atoms with Crippen molar-refractivity contribution in [3.63, 3.8) is 0 Å². The molecule has 36 heavy (non-hydrogen) atoms. The van der Waals surface area contributed by atoms with Crippen molar-refractivity contribution in [1.82, 2.24) is 0 Å². The van der Waals surface area contributed by atoms with Crippen molar-refractivity contribution in [3.05, 3.63) is 36.0 Å². The first kappa shape index (κ1) is 31.9. The van der Waals surface area contributed by atoms with Crippen molar-refractivity contribution in [2.75, 3.05) is 6.61 Å². The normalized spacial score (nSPS) is 27.2. The van der Waals surface area contributed by atoms with Crippen molar-refractivity contribution >= 4 is 11.9 Å². The van der Waals surface area contributed by atoms with E-state index in [-0.39, 0.29) is 5.57 Å². The van der Waals surface area contributed by atoms with Gasteiger partial charge in [-0.1, -0.05) is 18.2 Å². The summed E-state index contributed by atoms with van der Waals surface area (Å²) in [5, 5.41) is 30.2. The maximum absolute atomic E-state index is 12.6. The predicted octanol–water partition coefficient (Wildman–Crippen LogP) is 3.22. The first-order chi connectivity index (χ1) is 16.8. The maximum Gasteiger partial charge on any atom is 0.333 e. The zero-order valence-corrected chi connectivity index (χ0v) is 22.4. The molecule has 6 unspecified atom stereocenters. The smallest absolute Gasteiger partial charge is 0.333 e. The van der Waals surface area contributed by atoms with Gasteiger partial charge in [-0.25, -0.2) is 14.5 Å². The van der Waals surface area contributed by atoms with E-state index < -0.39 is 60.5 Å². The van der Waals surface area contributed by atoms with Crippen LogP contribution in [-0.4, -0.2) is 75.9 Å². The van der Waals surface area contributed by atoms with Gasteiger partial charge in [0.15, 0.2) is 18.5 Å². The van der Waals surface area contributed by atoms with Crippen LogP contribution in [-0.2, 0) is 33.4 Å². The molecule has 1 rings (SSSR count). The van der Waals surface area contributed by atoms with Gasteiger partial charge in [-0.3, -0.25) is 5.26 Å². The lowest BCUT2D eigenvalue weighted by molar-refractivity contribution is -0.323. The molecule has 0 saturated carbocycles. The Morgan fingerprint density at radius 3 is 1.97 bits per heavy atom. The van der Waals surface area contributed by atoms with Crippen LogP contribution in [0.4, 0.5) is 0 Å². The van der Waals surface area contributed by atoms with Crippen LogP contribution >= 0.6 is 0 Å². The molecular weight excluding hydrogens is 472 g/mol. The Bertz CT molecular complexity index is 818. The molecule has 1 fully saturated rings. The molecule has 0 bridgehead atoms. The summed E-state index contributed by atoms with van der Waals surface area (Å²) in [5.74, 6) is -1.43. The van der Waals surface area contributed by atoms with Gasteiger partial charge >= 0.3 is 11.9 Å². The fourth-order valence-corrected chi connectivity index (χ4v) is 3.47. The Hall–Kier alpha value is -2.08. The number of carbonyl (C=O) groups is 2. The van der Waals surface area contributed by atoms with Gasteiger partial charge in [-0.05, 0) is 67.7 Å². The van der Waals surface area contributed by atoms with Crippen molar-refractivity contribution < 1.29 is 48.9 Å². The highest BCUT2D eigenvalue weighted by Gasteiger charge is 2.51. The van der Waals surface area contributed by atoms with Crippen molar-refractivity contribution in [1.29, 1.82) is 0 Å². The summed E-state index contributed by atoms with van der Waals surface area (Å²) in [6.07, 6.45) is -0.557. The van der Waals surface area contributed by atoms with Crippen molar-refractivity contribution in [3.8, 4) is 0 Å². The van der Waals surface area contributed by atoms with Gasteiger partial charge in [0, 0.05) is 11.1 Å². The number of hydrogen-bond donors (Lipinski definition) is 3. The quantitative estimate of drug-likeness (QED) is 0.110. The van der Waals surface area contributed by atoms with Crippen LogP contribution in [0, 0.1) is 0 Å². The maximum atomic E-state index is 12.6. The monoisotopic (exact) mass is 514 g/mol. The Balaban J connectivity index is 3.22. The van der Waals surface area contributed by atoms with Crippen LogP contribution < -0.4 is 0 Å². The van der Waals surface area contributed by atoms with Gasteiger partial charge in [0.05, 0.1) is 17.8 Å². The third kappa shape index (κ3) is 8.79. The number of hydrogen-bond acceptors (Lipinski definition) is 10. The van der Waals surface area contributed by atoms with E-state index >= 15 is 0 Å². The van der Waals surface area contributed by atoms with Crippen molar-refractivity contribution in [2.45, 2.75) is 110 Å². The average molecular weight is 515 g/mol. The fourth-order valence-electron chi connectivity index (χ4n) is 3.47. The molecule has 0 spiro atoms. The van der Waals surface area contributed by atoms with E-state index in [4.69, 9.17) is 24.2 Å². The number of carbonyl (C=O) groups excluding carboxylic acids is 2. The summed E-state index contributed by atoms with van der Waals surface area (Å²) >= 11 is 0. The second kappa shape index (κ2) is 14.0. The first-order valence-electron chi connectivity index (χ1n) is 12.0. The molecule has 0 amide bonds. The molecule has 0 radical (unpaired) electrons. The summed E-state index contributed by atoms with van der Waals surface area (Å²) in [6, 6.07) is 0. The number of aliphatic hydroxyl groups is 2. The second-order valence-electron chi connectivity index (χ2n) is 9.74. The van der Waals surface area contributed by atoms with Crippen LogP contribution in [0.1, 0.15) is 67.7 Å². The molecule has 3 N–H and O–H groups in total. The highest BCUT2D eigenvalue weighted by atomic mass is 17.1. The van der Waals surface area contributed by atoms with E-state index in [0.717, 1.165) is 0 Å². The Kier molecular flexibility index (Phi) is 12.4. The minimum absolute atomic E-state index is 0.283. The van der Waals surface area contributed by atoms with Crippen molar-refractivity contribution in [2.24, 2.45) is 0 Å². The lowest BCUT2D eigenvalue weighted by atomic mass is 9.93. The summed E-state index contributed by atoms with van der Waals surface area (Å²) in [4.78, 5) is 29.5. The molecule has 0 aromatic heterocycles. The minimum atomic E-state index is -1.55. The molecule has 0 aromatic carbocycles. The van der Waals surface area contributed by atoms with Crippen LogP contribution in [0.3, 0.4) is 0 Å². The molecule has 206 valence electrons. The van der Waals surface area contributed by atoms with E-state index in [0.29, 0.717) is 24.8 Å². The third-order valence-corrected chi connectivity index (χ3v) is 6.31. The Morgan fingerprint density at radius 1 is 1.00 bits per heavy atom. The van der Waals surface area contributed by atoms with Gasteiger partial charge in [0.25, 0.3) is 0 Å². The van der Waals surface area contributed by atoms with Gasteiger partial charge in [-0.15, -0.1) is 6.58 Å². The lowest BCUT2D eigenvalue weighted by Gasteiger charge is -2.45. The third-order valence-electron chi connectivity index (χ3n) is 6.31. The predicted molar refractivity (Wildman–Crippen MR) is 132 cm³/mol. The first-order valence-corrected chi connectivity index (χ1v) is 12.0. The Morgan fingerprint density at radius 2 is 1.53 bits per heavy atom. The fraction of sp³-hybridized carbons (Fsp3) is 0.692. The topological polar surface area (TPSA) is 141 Å². The largest absolute Gasteiger partial charge is 0.452 e. The second-order valence-corrected chi connectivity index (χ2v) is 9.74. The van der Waals surface area contributed by atoms with E-state index in [1.165, 1.54) is 0 Å². The molecular formula is C26H42O10. The van der Waals surface area contributed by atoms with Gasteiger partial charge in [0.2, 0.25) is 0 Å².